The molecule has 0 fully saturated rings. The second-order valence-corrected chi connectivity index (χ2v) is 5.98. The summed E-state index contributed by atoms with van der Waals surface area (Å²) in [4.78, 5) is 12.8. The Morgan fingerprint density at radius 2 is 1.95 bits per heavy atom. The third kappa shape index (κ3) is 6.12. The number of carboxylic acid groups (broad SMARTS) is 1. The van der Waals surface area contributed by atoms with Gasteiger partial charge in [0.2, 0.25) is 0 Å². The molecule has 1 aromatic carbocycles. The molecular formula is C15H21Cl2NO2. The molecule has 0 atom stereocenters. The Labute approximate surface area is 130 Å². The zero-order valence-corrected chi connectivity index (χ0v) is 13.4. The number of hydrogen-bond acceptors (Lipinski definition) is 2. The maximum atomic E-state index is 10.5. The molecule has 0 aromatic heterocycles. The summed E-state index contributed by atoms with van der Waals surface area (Å²) in [6, 6.07) is 6.06. The number of hydrogen-bond donors (Lipinski definition) is 1. The second kappa shape index (κ2) is 8.50. The minimum Gasteiger partial charge on any atom is -0.481 e. The largest absolute Gasteiger partial charge is 0.481 e. The van der Waals surface area contributed by atoms with Crippen molar-refractivity contribution in [2.45, 2.75) is 45.7 Å². The molecule has 0 radical (unpaired) electrons. The SMILES string of the molecule is CC(C)N(CCCCC(=O)O)Cc1ccc(Cl)c(Cl)c1. The van der Waals surface area contributed by atoms with Crippen LogP contribution >= 0.6 is 23.2 Å². The molecule has 0 heterocycles. The van der Waals surface area contributed by atoms with E-state index in [4.69, 9.17) is 28.3 Å². The highest BCUT2D eigenvalue weighted by molar-refractivity contribution is 6.42. The Morgan fingerprint density at radius 3 is 2.50 bits per heavy atom. The molecule has 0 amide bonds. The van der Waals surface area contributed by atoms with Crippen molar-refractivity contribution < 1.29 is 9.90 Å². The first-order valence-corrected chi connectivity index (χ1v) is 7.55. The molecule has 5 heteroatoms. The third-order valence-electron chi connectivity index (χ3n) is 3.19. The monoisotopic (exact) mass is 317 g/mol. The van der Waals surface area contributed by atoms with Crippen molar-refractivity contribution in [1.82, 2.24) is 4.90 Å². The van der Waals surface area contributed by atoms with E-state index in [-0.39, 0.29) is 6.42 Å². The number of halogens is 2. The summed E-state index contributed by atoms with van der Waals surface area (Å²) in [5, 5.41) is 9.77. The van der Waals surface area contributed by atoms with E-state index in [2.05, 4.69) is 18.7 Å². The summed E-state index contributed by atoms with van der Waals surface area (Å²) in [5.41, 5.74) is 1.12. The van der Waals surface area contributed by atoms with Crippen LogP contribution in [0.5, 0.6) is 0 Å². The zero-order valence-electron chi connectivity index (χ0n) is 11.9. The summed E-state index contributed by atoms with van der Waals surface area (Å²) < 4.78 is 0. The molecule has 0 bridgehead atoms. The van der Waals surface area contributed by atoms with Crippen LogP contribution in [-0.4, -0.2) is 28.6 Å². The van der Waals surface area contributed by atoms with Crippen molar-refractivity contribution in [2.75, 3.05) is 6.54 Å². The van der Waals surface area contributed by atoms with Crippen LogP contribution in [0, 0.1) is 0 Å². The van der Waals surface area contributed by atoms with Gasteiger partial charge in [-0.1, -0.05) is 29.3 Å². The summed E-state index contributed by atoms with van der Waals surface area (Å²) in [7, 11) is 0. The molecule has 0 aliphatic carbocycles. The topological polar surface area (TPSA) is 40.5 Å². The van der Waals surface area contributed by atoms with Crippen LogP contribution in [0.15, 0.2) is 18.2 Å². The molecule has 0 saturated carbocycles. The first-order valence-electron chi connectivity index (χ1n) is 6.80. The van der Waals surface area contributed by atoms with Crippen LogP contribution in [0.3, 0.4) is 0 Å². The minimum atomic E-state index is -0.731. The van der Waals surface area contributed by atoms with E-state index < -0.39 is 5.97 Å². The highest BCUT2D eigenvalue weighted by atomic mass is 35.5. The van der Waals surface area contributed by atoms with Crippen LogP contribution in [0.4, 0.5) is 0 Å². The lowest BCUT2D eigenvalue weighted by Crippen LogP contribution is -2.31. The minimum absolute atomic E-state index is 0.235. The molecule has 1 N–H and O–H groups in total. The molecule has 3 nitrogen and oxygen atoms in total. The van der Waals surface area contributed by atoms with Crippen molar-refractivity contribution in [2.24, 2.45) is 0 Å². The van der Waals surface area contributed by atoms with Crippen LogP contribution in [0.25, 0.3) is 0 Å². The molecule has 1 rings (SSSR count). The Bertz CT molecular complexity index is 449. The summed E-state index contributed by atoms with van der Waals surface area (Å²) >= 11 is 11.9. The maximum Gasteiger partial charge on any atom is 0.303 e. The Kier molecular flexibility index (Phi) is 7.35. The average Bonchev–Trinajstić information content (AvgIpc) is 2.36. The van der Waals surface area contributed by atoms with Gasteiger partial charge in [0.25, 0.3) is 0 Å². The Hall–Kier alpha value is -0.770. The number of nitrogens with zero attached hydrogens (tertiary/aromatic N) is 1. The number of carboxylic acids is 1. The lowest BCUT2D eigenvalue weighted by Gasteiger charge is -2.26. The van der Waals surface area contributed by atoms with Gasteiger partial charge in [-0.15, -0.1) is 0 Å². The lowest BCUT2D eigenvalue weighted by molar-refractivity contribution is -0.137. The first kappa shape index (κ1) is 17.3. The van der Waals surface area contributed by atoms with Crippen LogP contribution in [0.2, 0.25) is 10.0 Å². The first-order chi connectivity index (χ1) is 9.40. The van der Waals surface area contributed by atoms with E-state index >= 15 is 0 Å². The average molecular weight is 318 g/mol. The van der Waals surface area contributed by atoms with Crippen molar-refractivity contribution >= 4 is 29.2 Å². The second-order valence-electron chi connectivity index (χ2n) is 5.16. The molecule has 0 saturated heterocycles. The van der Waals surface area contributed by atoms with Gasteiger partial charge >= 0.3 is 5.97 Å². The molecule has 0 aliphatic heterocycles. The molecule has 112 valence electrons. The number of benzene rings is 1. The Morgan fingerprint density at radius 1 is 1.25 bits per heavy atom. The summed E-state index contributed by atoms with van der Waals surface area (Å²) in [6.45, 7) is 5.94. The van der Waals surface area contributed by atoms with Crippen LogP contribution in [0.1, 0.15) is 38.7 Å². The van der Waals surface area contributed by atoms with Gasteiger partial charge in [-0.05, 0) is 50.9 Å². The van der Waals surface area contributed by atoms with Crippen LogP contribution in [-0.2, 0) is 11.3 Å². The van der Waals surface area contributed by atoms with E-state index in [1.54, 1.807) is 0 Å². The molecule has 1 aromatic rings. The fraction of sp³-hybridized carbons (Fsp3) is 0.533. The fourth-order valence-corrected chi connectivity index (χ4v) is 2.30. The smallest absolute Gasteiger partial charge is 0.303 e. The normalized spacial score (nSPS) is 11.3. The van der Waals surface area contributed by atoms with Crippen molar-refractivity contribution in [1.29, 1.82) is 0 Å². The molecule has 0 aliphatic rings. The fourth-order valence-electron chi connectivity index (χ4n) is 1.98. The molecule has 20 heavy (non-hydrogen) atoms. The zero-order chi connectivity index (χ0) is 15.1. The van der Waals surface area contributed by atoms with Gasteiger partial charge in [0.05, 0.1) is 10.0 Å². The number of carbonyl (C=O) groups is 1. The molecular weight excluding hydrogens is 297 g/mol. The van der Waals surface area contributed by atoms with Gasteiger partial charge in [-0.3, -0.25) is 9.69 Å². The number of rotatable bonds is 8. The molecule has 0 unspecified atom stereocenters. The quantitative estimate of drug-likeness (QED) is 0.720. The summed E-state index contributed by atoms with van der Waals surface area (Å²) in [6.07, 6.45) is 1.82. The maximum absolute atomic E-state index is 10.5. The van der Waals surface area contributed by atoms with Crippen LogP contribution < -0.4 is 0 Å². The lowest BCUT2D eigenvalue weighted by atomic mass is 10.1. The summed E-state index contributed by atoms with van der Waals surface area (Å²) in [5.74, 6) is -0.731. The predicted octanol–water partition coefficient (Wildman–Crippen LogP) is 4.46. The van der Waals surface area contributed by atoms with Gasteiger partial charge in [-0.25, -0.2) is 0 Å². The van der Waals surface area contributed by atoms with Gasteiger partial charge in [-0.2, -0.15) is 0 Å². The van der Waals surface area contributed by atoms with E-state index in [1.807, 2.05) is 18.2 Å². The predicted molar refractivity (Wildman–Crippen MR) is 83.5 cm³/mol. The highest BCUT2D eigenvalue weighted by Gasteiger charge is 2.11. The Balaban J connectivity index is 2.53. The molecule has 0 spiro atoms. The van der Waals surface area contributed by atoms with Gasteiger partial charge in [0.1, 0.15) is 0 Å². The van der Waals surface area contributed by atoms with Gasteiger partial charge in [0.15, 0.2) is 0 Å². The third-order valence-corrected chi connectivity index (χ3v) is 3.92. The van der Waals surface area contributed by atoms with Crippen molar-refractivity contribution in [3.05, 3.63) is 33.8 Å². The van der Waals surface area contributed by atoms with E-state index in [1.165, 1.54) is 0 Å². The van der Waals surface area contributed by atoms with Crippen molar-refractivity contribution in [3.63, 3.8) is 0 Å². The number of unbranched alkanes of at least 4 members (excludes halogenated alkanes) is 1. The van der Waals surface area contributed by atoms with E-state index in [0.29, 0.717) is 22.5 Å². The standard InChI is InChI=1S/C15H21Cl2NO2/c1-11(2)18(8-4-3-5-15(19)20)10-12-6-7-13(16)14(17)9-12/h6-7,9,11H,3-5,8,10H2,1-2H3,(H,19,20). The van der Waals surface area contributed by atoms with E-state index in [9.17, 15) is 4.79 Å². The van der Waals surface area contributed by atoms with E-state index in [0.717, 1.165) is 25.1 Å². The van der Waals surface area contributed by atoms with Gasteiger partial charge in [0, 0.05) is 19.0 Å². The highest BCUT2D eigenvalue weighted by Crippen LogP contribution is 2.23. The van der Waals surface area contributed by atoms with Crippen molar-refractivity contribution in [3.8, 4) is 0 Å². The van der Waals surface area contributed by atoms with Gasteiger partial charge < -0.3 is 5.11 Å². The number of aliphatic carboxylic acids is 1.